The van der Waals surface area contributed by atoms with Crippen molar-refractivity contribution in [2.75, 3.05) is 26.1 Å². The largest absolute Gasteiger partial charge is 0.496 e. The summed E-state index contributed by atoms with van der Waals surface area (Å²) in [6.45, 7) is -0.527. The molecule has 154 valence electrons. The number of aryl methyl sites for hydroxylation is 1. The third-order valence-corrected chi connectivity index (χ3v) is 5.84. The van der Waals surface area contributed by atoms with E-state index in [9.17, 15) is 14.4 Å². The molecule has 0 radical (unpaired) electrons. The van der Waals surface area contributed by atoms with Crippen molar-refractivity contribution in [1.82, 2.24) is 0 Å². The summed E-state index contributed by atoms with van der Waals surface area (Å²) in [6.07, 6.45) is 3.65. The third kappa shape index (κ3) is 4.34. The number of hydrogen-bond donors (Lipinski definition) is 2. The molecular weight excluding hydrogens is 396 g/mol. The molecule has 1 aliphatic rings. The van der Waals surface area contributed by atoms with Crippen LogP contribution in [-0.4, -0.2) is 38.6 Å². The minimum Gasteiger partial charge on any atom is -0.496 e. The maximum Gasteiger partial charge on any atom is 0.346 e. The van der Waals surface area contributed by atoms with E-state index in [0.717, 1.165) is 36.1 Å². The number of fused-ring (bicyclic) bond motifs is 1. The van der Waals surface area contributed by atoms with E-state index in [0.29, 0.717) is 10.6 Å². The molecule has 3 rings (SSSR count). The maximum atomic E-state index is 12.5. The molecule has 0 aliphatic heterocycles. The Morgan fingerprint density at radius 1 is 1.07 bits per heavy atom. The summed E-state index contributed by atoms with van der Waals surface area (Å²) in [7, 11) is 2.84. The van der Waals surface area contributed by atoms with Crippen LogP contribution in [0.4, 0.5) is 5.00 Å². The van der Waals surface area contributed by atoms with Crippen LogP contribution in [0.3, 0.4) is 0 Å². The Kier molecular flexibility index (Phi) is 6.38. The normalized spacial score (nSPS) is 12.6. The van der Waals surface area contributed by atoms with Crippen molar-refractivity contribution in [3.63, 3.8) is 0 Å². The van der Waals surface area contributed by atoms with Crippen LogP contribution in [0.25, 0.3) is 0 Å². The van der Waals surface area contributed by atoms with Crippen molar-refractivity contribution in [3.8, 4) is 11.5 Å². The lowest BCUT2D eigenvalue weighted by atomic mass is 9.95. The molecule has 1 aromatic heterocycles. The molecule has 3 N–H and O–H groups in total. The predicted molar refractivity (Wildman–Crippen MR) is 108 cm³/mol. The van der Waals surface area contributed by atoms with Gasteiger partial charge in [0.15, 0.2) is 6.61 Å². The quantitative estimate of drug-likeness (QED) is 0.668. The molecule has 1 heterocycles. The topological polar surface area (TPSA) is 117 Å². The summed E-state index contributed by atoms with van der Waals surface area (Å²) in [5.74, 6) is -1.34. The molecular formula is C20H22N2O6S. The van der Waals surface area contributed by atoms with Crippen LogP contribution in [0.5, 0.6) is 11.5 Å². The van der Waals surface area contributed by atoms with Crippen LogP contribution in [0.15, 0.2) is 18.2 Å². The number of primary amides is 1. The van der Waals surface area contributed by atoms with Crippen LogP contribution in [0.2, 0.25) is 0 Å². The van der Waals surface area contributed by atoms with Gasteiger partial charge in [-0.15, -0.1) is 11.3 Å². The van der Waals surface area contributed by atoms with Gasteiger partial charge in [-0.25, -0.2) is 4.79 Å². The molecule has 1 aromatic carbocycles. The number of hydrogen-bond acceptors (Lipinski definition) is 7. The molecule has 0 saturated heterocycles. The molecule has 0 fully saturated rings. The Hall–Kier alpha value is -3.07. The average molecular weight is 418 g/mol. The van der Waals surface area contributed by atoms with E-state index in [4.69, 9.17) is 19.9 Å². The van der Waals surface area contributed by atoms with Gasteiger partial charge in [0.1, 0.15) is 22.1 Å². The van der Waals surface area contributed by atoms with Gasteiger partial charge in [-0.05, 0) is 43.4 Å². The first-order valence-corrected chi connectivity index (χ1v) is 9.90. The van der Waals surface area contributed by atoms with Gasteiger partial charge in [0.25, 0.3) is 11.8 Å². The number of benzene rings is 1. The predicted octanol–water partition coefficient (Wildman–Crippen LogP) is 2.54. The van der Waals surface area contributed by atoms with E-state index in [2.05, 4.69) is 5.32 Å². The summed E-state index contributed by atoms with van der Waals surface area (Å²) in [4.78, 5) is 37.8. The van der Waals surface area contributed by atoms with Crippen LogP contribution in [0.1, 0.15) is 44.0 Å². The highest BCUT2D eigenvalue weighted by atomic mass is 32.1. The van der Waals surface area contributed by atoms with E-state index in [1.54, 1.807) is 18.2 Å². The van der Waals surface area contributed by atoms with E-state index < -0.39 is 24.4 Å². The van der Waals surface area contributed by atoms with E-state index in [1.165, 1.54) is 25.6 Å². The third-order valence-electron chi connectivity index (χ3n) is 4.64. The van der Waals surface area contributed by atoms with E-state index in [1.807, 2.05) is 0 Å². The Morgan fingerprint density at radius 3 is 2.34 bits per heavy atom. The zero-order valence-electron chi connectivity index (χ0n) is 16.2. The van der Waals surface area contributed by atoms with Crippen molar-refractivity contribution in [2.24, 2.45) is 5.73 Å². The number of carbonyl (C=O) groups excluding carboxylic acids is 3. The molecule has 0 spiro atoms. The lowest BCUT2D eigenvalue weighted by Crippen LogP contribution is -2.23. The fourth-order valence-electron chi connectivity index (χ4n) is 3.33. The monoisotopic (exact) mass is 418 g/mol. The number of ether oxygens (including phenoxy) is 3. The fraction of sp³-hybridized carbons (Fsp3) is 0.350. The maximum absolute atomic E-state index is 12.5. The van der Waals surface area contributed by atoms with Crippen LogP contribution < -0.4 is 20.5 Å². The van der Waals surface area contributed by atoms with Gasteiger partial charge < -0.3 is 25.3 Å². The zero-order valence-corrected chi connectivity index (χ0v) is 17.0. The number of nitrogens with two attached hydrogens (primary N) is 1. The molecule has 0 saturated carbocycles. The summed E-state index contributed by atoms with van der Waals surface area (Å²) >= 11 is 1.35. The minimum atomic E-state index is -0.755. The first-order chi connectivity index (χ1) is 14.0. The number of rotatable bonds is 7. The second-order valence-corrected chi connectivity index (χ2v) is 7.55. The van der Waals surface area contributed by atoms with Crippen LogP contribution >= 0.6 is 11.3 Å². The summed E-state index contributed by atoms with van der Waals surface area (Å²) in [5, 5.41) is 3.06. The van der Waals surface area contributed by atoms with E-state index in [-0.39, 0.29) is 17.1 Å². The first kappa shape index (κ1) is 20.7. The molecule has 29 heavy (non-hydrogen) atoms. The lowest BCUT2D eigenvalue weighted by Gasteiger charge is -2.12. The van der Waals surface area contributed by atoms with E-state index >= 15 is 0 Å². The highest BCUT2D eigenvalue weighted by Crippen LogP contribution is 2.38. The highest BCUT2D eigenvalue weighted by molar-refractivity contribution is 7.17. The second-order valence-electron chi connectivity index (χ2n) is 6.44. The summed E-state index contributed by atoms with van der Waals surface area (Å²) in [6, 6.07) is 4.86. The summed E-state index contributed by atoms with van der Waals surface area (Å²) in [5.41, 5.74) is 6.89. The molecule has 0 unspecified atom stereocenters. The molecule has 8 nitrogen and oxygen atoms in total. The number of methoxy groups -OCH3 is 2. The van der Waals surface area contributed by atoms with Crippen molar-refractivity contribution < 1.29 is 28.6 Å². The van der Waals surface area contributed by atoms with Crippen molar-refractivity contribution in [1.29, 1.82) is 0 Å². The van der Waals surface area contributed by atoms with Crippen molar-refractivity contribution in [2.45, 2.75) is 25.7 Å². The van der Waals surface area contributed by atoms with Gasteiger partial charge in [0.05, 0.1) is 19.8 Å². The van der Waals surface area contributed by atoms with Crippen molar-refractivity contribution >= 4 is 34.1 Å². The Balaban J connectivity index is 1.71. The van der Waals surface area contributed by atoms with Gasteiger partial charge in [0, 0.05) is 4.88 Å². The van der Waals surface area contributed by atoms with Gasteiger partial charge >= 0.3 is 5.97 Å². The molecule has 0 atom stereocenters. The van der Waals surface area contributed by atoms with Crippen molar-refractivity contribution in [3.05, 3.63) is 39.8 Å². The van der Waals surface area contributed by atoms with Gasteiger partial charge in [-0.2, -0.15) is 0 Å². The second kappa shape index (κ2) is 8.95. The SMILES string of the molecule is COc1cccc(OC)c1C(=O)OCC(=O)Nc1sc2c(c1C(N)=O)CCCC2. The highest BCUT2D eigenvalue weighted by Gasteiger charge is 2.26. The fourth-order valence-corrected chi connectivity index (χ4v) is 4.64. The summed E-state index contributed by atoms with van der Waals surface area (Å²) < 4.78 is 15.5. The Bertz CT molecular complexity index is 930. The minimum absolute atomic E-state index is 0.0923. The first-order valence-electron chi connectivity index (χ1n) is 9.08. The smallest absolute Gasteiger partial charge is 0.346 e. The van der Waals surface area contributed by atoms with Gasteiger partial charge in [-0.3, -0.25) is 9.59 Å². The number of anilines is 1. The molecule has 2 aromatic rings. The molecule has 0 bridgehead atoms. The van der Waals surface area contributed by atoms with Gasteiger partial charge in [-0.1, -0.05) is 6.07 Å². The Labute approximate surface area is 171 Å². The van der Waals surface area contributed by atoms with Gasteiger partial charge in [0.2, 0.25) is 0 Å². The molecule has 2 amide bonds. The number of nitrogens with one attached hydrogen (secondary N) is 1. The number of thiophene rings is 1. The standard InChI is InChI=1S/C20H22N2O6S/c1-26-12-7-5-8-13(27-2)17(12)20(25)28-10-15(23)22-19-16(18(21)24)11-6-3-4-9-14(11)29-19/h5,7-8H,3-4,6,9-10H2,1-2H3,(H2,21,24)(H,22,23). The number of amides is 2. The zero-order chi connectivity index (χ0) is 21.0. The lowest BCUT2D eigenvalue weighted by molar-refractivity contribution is -0.119. The average Bonchev–Trinajstić information content (AvgIpc) is 3.09. The molecule has 9 heteroatoms. The Morgan fingerprint density at radius 2 is 1.72 bits per heavy atom. The number of esters is 1. The molecule has 1 aliphatic carbocycles. The number of carbonyl (C=O) groups is 3. The van der Waals surface area contributed by atoms with Crippen LogP contribution in [0, 0.1) is 0 Å². The van der Waals surface area contributed by atoms with Crippen LogP contribution in [-0.2, 0) is 22.4 Å².